The molecule has 106 valence electrons. The van der Waals surface area contributed by atoms with Crippen LogP contribution in [0.5, 0.6) is 5.75 Å². The predicted octanol–water partition coefficient (Wildman–Crippen LogP) is 3.62. The summed E-state index contributed by atoms with van der Waals surface area (Å²) in [5, 5.41) is 4.68. The minimum Gasteiger partial charge on any atom is -0.495 e. The molecule has 2 aromatic carbocycles. The number of nitrogens with two attached hydrogens (primary N) is 1. The van der Waals surface area contributed by atoms with Crippen molar-refractivity contribution < 1.29 is 4.74 Å². The Morgan fingerprint density at radius 1 is 1.14 bits per heavy atom. The molecule has 0 spiro atoms. The molecule has 3 aromatic rings. The van der Waals surface area contributed by atoms with E-state index in [0.717, 1.165) is 10.9 Å². The Bertz CT molecular complexity index is 807. The van der Waals surface area contributed by atoms with Crippen LogP contribution < -0.4 is 15.8 Å². The number of ether oxygens (including phenoxy) is 1. The first-order valence-corrected chi connectivity index (χ1v) is 6.68. The zero-order chi connectivity index (χ0) is 14.8. The minimum absolute atomic E-state index is 0.206. The average Bonchev–Trinajstić information content (AvgIpc) is 2.47. The van der Waals surface area contributed by atoms with Crippen LogP contribution in [0.3, 0.4) is 0 Å². The zero-order valence-corrected chi connectivity index (χ0v) is 12.1. The summed E-state index contributed by atoms with van der Waals surface area (Å²) in [4.78, 5) is 8.47. The summed E-state index contributed by atoms with van der Waals surface area (Å²) in [6.45, 7) is 0. The second-order valence-electron chi connectivity index (χ2n) is 4.42. The number of rotatable bonds is 3. The lowest BCUT2D eigenvalue weighted by atomic mass is 10.2. The van der Waals surface area contributed by atoms with E-state index in [9.17, 15) is 0 Å². The quantitative estimate of drug-likeness (QED) is 0.773. The van der Waals surface area contributed by atoms with Gasteiger partial charge in [-0.05, 0) is 30.3 Å². The molecule has 1 heterocycles. The Morgan fingerprint density at radius 2 is 1.95 bits per heavy atom. The third-order valence-electron chi connectivity index (χ3n) is 3.04. The molecule has 5 nitrogen and oxygen atoms in total. The van der Waals surface area contributed by atoms with E-state index in [1.807, 2.05) is 24.3 Å². The van der Waals surface area contributed by atoms with Crippen LogP contribution >= 0.6 is 11.6 Å². The molecule has 0 aliphatic heterocycles. The Balaban J connectivity index is 2.12. The van der Waals surface area contributed by atoms with Gasteiger partial charge in [0.05, 0.1) is 18.3 Å². The number of fused-ring (bicyclic) bond motifs is 1. The number of nitrogens with zero attached hydrogens (tertiary/aromatic N) is 2. The fourth-order valence-electron chi connectivity index (χ4n) is 2.10. The first-order valence-electron chi connectivity index (χ1n) is 6.30. The Hall–Kier alpha value is -2.53. The van der Waals surface area contributed by atoms with Crippen LogP contribution in [-0.2, 0) is 0 Å². The van der Waals surface area contributed by atoms with Crippen LogP contribution in [0.4, 0.5) is 17.5 Å². The van der Waals surface area contributed by atoms with E-state index in [0.29, 0.717) is 22.3 Å². The van der Waals surface area contributed by atoms with E-state index in [2.05, 4.69) is 15.3 Å². The molecule has 0 aliphatic carbocycles. The van der Waals surface area contributed by atoms with Gasteiger partial charge < -0.3 is 15.8 Å². The molecule has 21 heavy (non-hydrogen) atoms. The molecule has 3 N–H and O–H groups in total. The van der Waals surface area contributed by atoms with Crippen molar-refractivity contribution in [1.29, 1.82) is 0 Å². The first kappa shape index (κ1) is 13.5. The van der Waals surface area contributed by atoms with Gasteiger partial charge in [-0.1, -0.05) is 23.7 Å². The SMILES string of the molecule is COc1ccc(Cl)cc1Nc1nc(N)nc2ccccc12. The van der Waals surface area contributed by atoms with Crippen molar-refractivity contribution in [2.45, 2.75) is 0 Å². The van der Waals surface area contributed by atoms with Crippen LogP contribution in [0.25, 0.3) is 10.9 Å². The summed E-state index contributed by atoms with van der Waals surface area (Å²) in [5.41, 5.74) is 7.25. The molecular weight excluding hydrogens is 288 g/mol. The number of halogens is 1. The number of benzene rings is 2. The molecule has 3 rings (SSSR count). The molecule has 0 saturated carbocycles. The normalized spacial score (nSPS) is 10.6. The van der Waals surface area contributed by atoms with Gasteiger partial charge in [0.1, 0.15) is 11.6 Å². The van der Waals surface area contributed by atoms with Gasteiger partial charge in [-0.2, -0.15) is 4.98 Å². The largest absolute Gasteiger partial charge is 0.495 e. The maximum atomic E-state index is 6.04. The molecule has 0 unspecified atom stereocenters. The standard InChI is InChI=1S/C15H13ClN4O/c1-21-13-7-6-9(16)8-12(13)18-14-10-4-2-3-5-11(10)19-15(17)20-14/h2-8H,1H3,(H3,17,18,19,20). The number of hydrogen-bond donors (Lipinski definition) is 2. The predicted molar refractivity (Wildman–Crippen MR) is 85.2 cm³/mol. The van der Waals surface area contributed by atoms with Crippen molar-refractivity contribution in [3.05, 3.63) is 47.5 Å². The Kier molecular flexibility index (Phi) is 3.50. The number of methoxy groups -OCH3 is 1. The molecular formula is C15H13ClN4O. The van der Waals surface area contributed by atoms with E-state index in [-0.39, 0.29) is 5.95 Å². The van der Waals surface area contributed by atoms with Crippen LogP contribution in [0, 0.1) is 0 Å². The number of nitrogens with one attached hydrogen (secondary N) is 1. The molecule has 6 heteroatoms. The molecule has 0 atom stereocenters. The molecule has 0 saturated heterocycles. The topological polar surface area (TPSA) is 73.1 Å². The van der Waals surface area contributed by atoms with E-state index >= 15 is 0 Å². The van der Waals surface area contributed by atoms with Crippen molar-refractivity contribution >= 4 is 40.0 Å². The number of nitrogen functional groups attached to an aromatic ring is 1. The van der Waals surface area contributed by atoms with Crippen LogP contribution in [0.2, 0.25) is 5.02 Å². The third kappa shape index (κ3) is 2.68. The monoisotopic (exact) mass is 300 g/mol. The van der Waals surface area contributed by atoms with E-state index in [4.69, 9.17) is 22.1 Å². The average molecular weight is 301 g/mol. The third-order valence-corrected chi connectivity index (χ3v) is 3.27. The van der Waals surface area contributed by atoms with Gasteiger partial charge in [0.25, 0.3) is 0 Å². The number of hydrogen-bond acceptors (Lipinski definition) is 5. The van der Waals surface area contributed by atoms with Gasteiger partial charge in [0.2, 0.25) is 5.95 Å². The molecule has 0 bridgehead atoms. The van der Waals surface area contributed by atoms with Crippen molar-refractivity contribution in [2.24, 2.45) is 0 Å². The molecule has 0 radical (unpaired) electrons. The lowest BCUT2D eigenvalue weighted by molar-refractivity contribution is 0.417. The van der Waals surface area contributed by atoms with Gasteiger partial charge in [0, 0.05) is 10.4 Å². The molecule has 0 aliphatic rings. The Morgan fingerprint density at radius 3 is 2.76 bits per heavy atom. The van der Waals surface area contributed by atoms with Crippen molar-refractivity contribution in [1.82, 2.24) is 9.97 Å². The van der Waals surface area contributed by atoms with E-state index in [1.165, 1.54) is 0 Å². The van der Waals surface area contributed by atoms with Crippen LogP contribution in [0.15, 0.2) is 42.5 Å². The molecule has 0 amide bonds. The zero-order valence-electron chi connectivity index (χ0n) is 11.3. The van der Waals surface area contributed by atoms with Crippen LogP contribution in [-0.4, -0.2) is 17.1 Å². The van der Waals surface area contributed by atoms with Gasteiger partial charge >= 0.3 is 0 Å². The summed E-state index contributed by atoms with van der Waals surface area (Å²) in [6.07, 6.45) is 0. The van der Waals surface area contributed by atoms with Crippen molar-refractivity contribution in [3.8, 4) is 5.75 Å². The molecule has 0 fully saturated rings. The maximum Gasteiger partial charge on any atom is 0.222 e. The number of aromatic nitrogens is 2. The number of anilines is 3. The molecule has 1 aromatic heterocycles. The van der Waals surface area contributed by atoms with Crippen molar-refractivity contribution in [2.75, 3.05) is 18.2 Å². The highest BCUT2D eigenvalue weighted by atomic mass is 35.5. The summed E-state index contributed by atoms with van der Waals surface area (Å²) >= 11 is 6.04. The van der Waals surface area contributed by atoms with Gasteiger partial charge in [-0.25, -0.2) is 4.98 Å². The van der Waals surface area contributed by atoms with Gasteiger partial charge in [-0.15, -0.1) is 0 Å². The fraction of sp³-hybridized carbons (Fsp3) is 0.0667. The van der Waals surface area contributed by atoms with E-state index in [1.54, 1.807) is 25.3 Å². The highest BCUT2D eigenvalue weighted by Crippen LogP contribution is 2.32. The minimum atomic E-state index is 0.206. The summed E-state index contributed by atoms with van der Waals surface area (Å²) in [7, 11) is 1.60. The van der Waals surface area contributed by atoms with Gasteiger partial charge in [-0.3, -0.25) is 0 Å². The summed E-state index contributed by atoms with van der Waals surface area (Å²) in [5.74, 6) is 1.48. The fourth-order valence-corrected chi connectivity index (χ4v) is 2.27. The second kappa shape index (κ2) is 5.46. The highest BCUT2D eigenvalue weighted by Gasteiger charge is 2.09. The lowest BCUT2D eigenvalue weighted by Gasteiger charge is -2.13. The van der Waals surface area contributed by atoms with Crippen molar-refractivity contribution in [3.63, 3.8) is 0 Å². The number of para-hydroxylation sites is 1. The lowest BCUT2D eigenvalue weighted by Crippen LogP contribution is -2.02. The summed E-state index contributed by atoms with van der Waals surface area (Å²) in [6, 6.07) is 12.9. The van der Waals surface area contributed by atoms with Crippen LogP contribution in [0.1, 0.15) is 0 Å². The van der Waals surface area contributed by atoms with Gasteiger partial charge in [0.15, 0.2) is 0 Å². The maximum absolute atomic E-state index is 6.04. The highest BCUT2D eigenvalue weighted by molar-refractivity contribution is 6.31. The summed E-state index contributed by atoms with van der Waals surface area (Å²) < 4.78 is 5.32. The van der Waals surface area contributed by atoms with E-state index < -0.39 is 0 Å². The smallest absolute Gasteiger partial charge is 0.222 e. The first-order chi connectivity index (χ1) is 10.2. The second-order valence-corrected chi connectivity index (χ2v) is 4.85. The Labute approximate surface area is 126 Å².